The maximum atomic E-state index is 12.4. The number of carbonyl (C=O) groups excluding carboxylic acids is 1. The molecule has 3 aromatic rings. The Hall–Kier alpha value is -3.70. The van der Waals surface area contributed by atoms with Crippen LogP contribution in [0.4, 0.5) is 23.0 Å². The number of carbonyl (C=O) groups is 1. The minimum Gasteiger partial charge on any atom is -0.371 e. The van der Waals surface area contributed by atoms with E-state index < -0.39 is 5.91 Å². The van der Waals surface area contributed by atoms with Crippen LogP contribution in [-0.2, 0) is 19.3 Å². The van der Waals surface area contributed by atoms with E-state index in [1.807, 2.05) is 13.1 Å². The van der Waals surface area contributed by atoms with E-state index in [1.165, 1.54) is 55.8 Å². The molecule has 3 aliphatic rings. The topological polar surface area (TPSA) is 131 Å². The zero-order valence-corrected chi connectivity index (χ0v) is 25.1. The Labute approximate surface area is 248 Å². The summed E-state index contributed by atoms with van der Waals surface area (Å²) in [6.45, 7) is 11.0. The fraction of sp³-hybridized carbons (Fsp3) is 0.548. The Morgan fingerprint density at radius 2 is 1.86 bits per heavy atom. The molecule has 2 fully saturated rings. The maximum absolute atomic E-state index is 12.4. The second-order valence-corrected chi connectivity index (χ2v) is 12.1. The molecular formula is C31H44N10O. The number of hydrogen-bond acceptors (Lipinski definition) is 9. The van der Waals surface area contributed by atoms with Crippen molar-refractivity contribution in [1.82, 2.24) is 30.0 Å². The van der Waals surface area contributed by atoms with Crippen molar-refractivity contribution in [2.45, 2.75) is 64.5 Å². The van der Waals surface area contributed by atoms with Crippen molar-refractivity contribution in [2.24, 2.45) is 5.73 Å². The van der Waals surface area contributed by atoms with Gasteiger partial charge in [0, 0.05) is 68.9 Å². The first kappa shape index (κ1) is 28.4. The molecule has 0 spiro atoms. The quantitative estimate of drug-likeness (QED) is 0.322. The van der Waals surface area contributed by atoms with Crippen LogP contribution < -0.4 is 21.3 Å². The number of nitrogens with zero attached hydrogens (tertiary/aromatic N) is 6. The summed E-state index contributed by atoms with van der Waals surface area (Å²) >= 11 is 0. The van der Waals surface area contributed by atoms with E-state index in [-0.39, 0.29) is 11.7 Å². The first-order valence-corrected chi connectivity index (χ1v) is 15.4. The van der Waals surface area contributed by atoms with Crippen LogP contribution in [0.3, 0.4) is 0 Å². The molecule has 11 heteroatoms. The van der Waals surface area contributed by atoms with Gasteiger partial charge in [0.25, 0.3) is 5.91 Å². The zero-order chi connectivity index (χ0) is 29.2. The van der Waals surface area contributed by atoms with E-state index in [1.54, 1.807) is 0 Å². The number of anilines is 4. The van der Waals surface area contributed by atoms with Crippen molar-refractivity contribution in [3.8, 4) is 0 Å². The summed E-state index contributed by atoms with van der Waals surface area (Å²) in [5, 5.41) is 14.3. The van der Waals surface area contributed by atoms with Gasteiger partial charge >= 0.3 is 0 Å². The second-order valence-electron chi connectivity index (χ2n) is 12.1. The molecule has 2 aliphatic heterocycles. The number of primary amides is 1. The van der Waals surface area contributed by atoms with Crippen LogP contribution in [0.2, 0.25) is 0 Å². The Kier molecular flexibility index (Phi) is 8.30. The fourth-order valence-electron chi connectivity index (χ4n) is 6.71. The Morgan fingerprint density at radius 1 is 1.07 bits per heavy atom. The lowest BCUT2D eigenvalue weighted by molar-refractivity contribution is 0.0982. The summed E-state index contributed by atoms with van der Waals surface area (Å²) < 4.78 is 0. The number of aromatic nitrogens is 4. The summed E-state index contributed by atoms with van der Waals surface area (Å²) in [5.41, 5.74) is 12.3. The largest absolute Gasteiger partial charge is 0.371 e. The summed E-state index contributed by atoms with van der Waals surface area (Å²) in [4.78, 5) is 29.5. The second kappa shape index (κ2) is 12.3. The molecule has 4 heterocycles. The molecule has 42 heavy (non-hydrogen) atoms. The SMILES string of the molecule is CCc1nc(C(N)=O)c(Nc2ccc(N3CCC(N4CCN(C)CC4)CC3)c(C)c2)nc1NC1CCc2n[nH]cc2C1. The van der Waals surface area contributed by atoms with Crippen molar-refractivity contribution in [1.29, 1.82) is 0 Å². The van der Waals surface area contributed by atoms with Gasteiger partial charge in [-0.2, -0.15) is 5.10 Å². The molecule has 0 saturated carbocycles. The number of aryl methyl sites for hydroxylation is 3. The Bertz CT molecular complexity index is 1400. The van der Waals surface area contributed by atoms with E-state index in [2.05, 4.69) is 72.7 Å². The molecule has 1 amide bonds. The maximum Gasteiger partial charge on any atom is 0.271 e. The molecule has 1 atom stereocenters. The van der Waals surface area contributed by atoms with Crippen molar-refractivity contribution >= 4 is 28.9 Å². The van der Waals surface area contributed by atoms with Gasteiger partial charge in [-0.05, 0) is 81.8 Å². The van der Waals surface area contributed by atoms with Crippen LogP contribution in [0.5, 0.6) is 0 Å². The van der Waals surface area contributed by atoms with Crippen LogP contribution >= 0.6 is 0 Å². The normalized spacial score (nSPS) is 20.4. The molecule has 2 aromatic heterocycles. The summed E-state index contributed by atoms with van der Waals surface area (Å²) in [5.74, 6) is 0.476. The first-order chi connectivity index (χ1) is 20.4. The molecule has 1 unspecified atom stereocenters. The molecule has 5 N–H and O–H groups in total. The highest BCUT2D eigenvalue weighted by Gasteiger charge is 2.28. The fourth-order valence-corrected chi connectivity index (χ4v) is 6.71. The Morgan fingerprint density at radius 3 is 2.57 bits per heavy atom. The number of nitrogens with one attached hydrogen (secondary N) is 3. The highest BCUT2D eigenvalue weighted by atomic mass is 16.1. The predicted octanol–water partition coefficient (Wildman–Crippen LogP) is 3.10. The van der Waals surface area contributed by atoms with Crippen molar-refractivity contribution in [3.63, 3.8) is 0 Å². The minimum absolute atomic E-state index is 0.158. The van der Waals surface area contributed by atoms with Crippen molar-refractivity contribution in [2.75, 3.05) is 61.8 Å². The molecule has 2 saturated heterocycles. The molecule has 224 valence electrons. The Balaban J connectivity index is 1.15. The average Bonchev–Trinajstić information content (AvgIpc) is 3.46. The van der Waals surface area contributed by atoms with Gasteiger partial charge in [0.1, 0.15) is 0 Å². The molecule has 1 aliphatic carbocycles. The van der Waals surface area contributed by atoms with E-state index in [9.17, 15) is 4.79 Å². The van der Waals surface area contributed by atoms with Crippen molar-refractivity contribution in [3.05, 3.63) is 52.6 Å². The number of H-pyrrole nitrogens is 1. The van der Waals surface area contributed by atoms with Gasteiger partial charge in [0.2, 0.25) is 0 Å². The zero-order valence-electron chi connectivity index (χ0n) is 25.1. The highest BCUT2D eigenvalue weighted by molar-refractivity contribution is 5.96. The molecule has 11 nitrogen and oxygen atoms in total. The third-order valence-electron chi connectivity index (χ3n) is 9.20. The molecule has 1 aromatic carbocycles. The van der Waals surface area contributed by atoms with Crippen molar-refractivity contribution < 1.29 is 4.79 Å². The van der Waals surface area contributed by atoms with Crippen LogP contribution in [0, 0.1) is 6.92 Å². The third-order valence-corrected chi connectivity index (χ3v) is 9.20. The van der Waals surface area contributed by atoms with Gasteiger partial charge in [0.05, 0.1) is 11.4 Å². The number of likely N-dealkylation sites (N-methyl/N-ethyl adjacent to an activating group) is 1. The van der Waals surface area contributed by atoms with E-state index >= 15 is 0 Å². The van der Waals surface area contributed by atoms with Crippen LogP contribution in [-0.4, -0.2) is 94.3 Å². The lowest BCUT2D eigenvalue weighted by Gasteiger charge is -2.43. The number of benzene rings is 1. The number of aromatic amines is 1. The number of amides is 1. The molecule has 0 radical (unpaired) electrons. The molecule has 6 rings (SSSR count). The molecular weight excluding hydrogens is 528 g/mol. The monoisotopic (exact) mass is 572 g/mol. The van der Waals surface area contributed by atoms with Gasteiger partial charge in [-0.1, -0.05) is 6.92 Å². The van der Waals surface area contributed by atoms with Gasteiger partial charge in [-0.15, -0.1) is 0 Å². The minimum atomic E-state index is -0.594. The smallest absolute Gasteiger partial charge is 0.271 e. The van der Waals surface area contributed by atoms with Gasteiger partial charge in [0.15, 0.2) is 17.3 Å². The number of rotatable bonds is 8. The van der Waals surface area contributed by atoms with E-state index in [0.29, 0.717) is 24.1 Å². The standard InChI is InChI=1S/C31H44N10O/c1-4-25-30(34-23-5-7-26-21(18-23)19-33-38-26)37-31(28(36-25)29(32)42)35-22-6-8-27(20(2)17-22)41-11-9-24(10-12-41)40-15-13-39(3)14-16-40/h6,8,17,19,23-24H,4-5,7,9-16,18H2,1-3H3,(H2,32,42)(H,33,38)(H2,34,35,37). The summed E-state index contributed by atoms with van der Waals surface area (Å²) in [7, 11) is 2.21. The van der Waals surface area contributed by atoms with E-state index in [4.69, 9.17) is 10.7 Å². The van der Waals surface area contributed by atoms with Gasteiger partial charge in [-0.3, -0.25) is 14.8 Å². The van der Waals surface area contributed by atoms with Crippen LogP contribution in [0.1, 0.15) is 59.2 Å². The summed E-state index contributed by atoms with van der Waals surface area (Å²) in [6, 6.07) is 7.26. The lowest BCUT2D eigenvalue weighted by Crippen LogP contribution is -2.52. The number of fused-ring (bicyclic) bond motifs is 1. The van der Waals surface area contributed by atoms with E-state index in [0.717, 1.165) is 49.4 Å². The molecule has 0 bridgehead atoms. The number of hydrogen-bond donors (Lipinski definition) is 4. The highest BCUT2D eigenvalue weighted by Crippen LogP contribution is 2.31. The first-order valence-electron chi connectivity index (χ1n) is 15.4. The number of nitrogens with two attached hydrogens (primary N) is 1. The summed E-state index contributed by atoms with van der Waals surface area (Å²) in [6.07, 6.45) is 7.74. The number of piperidine rings is 1. The van der Waals surface area contributed by atoms with Crippen LogP contribution in [0.15, 0.2) is 24.4 Å². The average molecular weight is 573 g/mol. The third kappa shape index (κ3) is 6.07. The van der Waals surface area contributed by atoms with Crippen LogP contribution in [0.25, 0.3) is 0 Å². The lowest BCUT2D eigenvalue weighted by atomic mass is 9.93. The van der Waals surface area contributed by atoms with Gasteiger partial charge < -0.3 is 26.2 Å². The number of piperazine rings is 1. The van der Waals surface area contributed by atoms with Gasteiger partial charge in [-0.25, -0.2) is 9.97 Å². The predicted molar refractivity (Wildman–Crippen MR) is 167 cm³/mol.